The van der Waals surface area contributed by atoms with E-state index in [1.165, 1.54) is 0 Å². The highest BCUT2D eigenvalue weighted by molar-refractivity contribution is 14.1. The normalized spacial score (nSPS) is 10.7. The van der Waals surface area contributed by atoms with Crippen LogP contribution in [-0.4, -0.2) is 14.4 Å². The SMILES string of the molecule is Brc1nc(I)cn2ccnc12. The van der Waals surface area contributed by atoms with Crippen molar-refractivity contribution in [1.82, 2.24) is 14.4 Å². The standard InChI is InChI=1S/C6H3BrIN3/c7-5-6-9-1-2-11(6)3-4(8)10-5/h1-3H. The van der Waals surface area contributed by atoms with E-state index in [4.69, 9.17) is 0 Å². The van der Waals surface area contributed by atoms with E-state index in [1.54, 1.807) is 6.20 Å². The van der Waals surface area contributed by atoms with E-state index >= 15 is 0 Å². The second-order valence-electron chi connectivity index (χ2n) is 2.01. The second-order valence-corrected chi connectivity index (χ2v) is 3.87. The van der Waals surface area contributed by atoms with E-state index in [-0.39, 0.29) is 0 Å². The first-order valence-corrected chi connectivity index (χ1v) is 4.79. The Morgan fingerprint density at radius 3 is 3.18 bits per heavy atom. The minimum Gasteiger partial charge on any atom is -0.302 e. The summed E-state index contributed by atoms with van der Waals surface area (Å²) in [6, 6.07) is 0. The summed E-state index contributed by atoms with van der Waals surface area (Å²) in [6.07, 6.45) is 5.56. The molecular formula is C6H3BrIN3. The molecule has 0 radical (unpaired) electrons. The lowest BCUT2D eigenvalue weighted by Crippen LogP contribution is -1.90. The quantitative estimate of drug-likeness (QED) is 0.695. The minimum absolute atomic E-state index is 0.786. The van der Waals surface area contributed by atoms with Crippen molar-refractivity contribution in [2.24, 2.45) is 0 Å². The molecule has 0 amide bonds. The van der Waals surface area contributed by atoms with Gasteiger partial charge in [0.25, 0.3) is 0 Å². The Morgan fingerprint density at radius 1 is 1.55 bits per heavy atom. The zero-order valence-corrected chi connectivity index (χ0v) is 9.07. The Balaban J connectivity index is 2.91. The molecule has 0 aromatic carbocycles. The van der Waals surface area contributed by atoms with Gasteiger partial charge in [0.1, 0.15) is 3.70 Å². The molecule has 56 valence electrons. The molecule has 0 N–H and O–H groups in total. The maximum Gasteiger partial charge on any atom is 0.170 e. The first-order chi connectivity index (χ1) is 5.27. The molecule has 0 saturated carbocycles. The minimum atomic E-state index is 0.786. The van der Waals surface area contributed by atoms with Crippen LogP contribution in [0, 0.1) is 3.70 Å². The van der Waals surface area contributed by atoms with Gasteiger partial charge in [-0.05, 0) is 38.5 Å². The zero-order chi connectivity index (χ0) is 7.84. The summed E-state index contributed by atoms with van der Waals surface area (Å²) in [6.45, 7) is 0. The monoisotopic (exact) mass is 323 g/mol. The number of aromatic nitrogens is 3. The van der Waals surface area contributed by atoms with Crippen molar-refractivity contribution in [2.75, 3.05) is 0 Å². The Morgan fingerprint density at radius 2 is 2.36 bits per heavy atom. The van der Waals surface area contributed by atoms with Crippen molar-refractivity contribution < 1.29 is 0 Å². The number of rotatable bonds is 0. The maximum absolute atomic E-state index is 4.19. The molecule has 0 bridgehead atoms. The lowest BCUT2D eigenvalue weighted by atomic mass is 10.7. The summed E-state index contributed by atoms with van der Waals surface area (Å²) in [5.41, 5.74) is 0.852. The fourth-order valence-electron chi connectivity index (χ4n) is 0.864. The fourth-order valence-corrected chi connectivity index (χ4v) is 2.24. The molecular weight excluding hydrogens is 321 g/mol. The third kappa shape index (κ3) is 1.26. The Bertz CT molecular complexity index is 398. The molecule has 0 saturated heterocycles. The van der Waals surface area contributed by atoms with Crippen LogP contribution in [0.1, 0.15) is 0 Å². The summed E-state index contributed by atoms with van der Waals surface area (Å²) in [4.78, 5) is 8.30. The van der Waals surface area contributed by atoms with E-state index in [0.29, 0.717) is 0 Å². The van der Waals surface area contributed by atoms with Gasteiger partial charge in [0, 0.05) is 18.6 Å². The molecule has 5 heteroatoms. The van der Waals surface area contributed by atoms with Crippen molar-refractivity contribution in [3.05, 3.63) is 26.9 Å². The van der Waals surface area contributed by atoms with Gasteiger partial charge in [-0.1, -0.05) is 0 Å². The molecule has 0 atom stereocenters. The molecule has 0 spiro atoms. The van der Waals surface area contributed by atoms with Crippen LogP contribution in [0.25, 0.3) is 5.65 Å². The topological polar surface area (TPSA) is 30.2 Å². The lowest BCUT2D eigenvalue weighted by Gasteiger charge is -1.95. The van der Waals surface area contributed by atoms with Crippen LogP contribution in [0.5, 0.6) is 0 Å². The third-order valence-corrected chi connectivity index (χ3v) is 2.36. The average Bonchev–Trinajstić information content (AvgIpc) is 2.34. The van der Waals surface area contributed by atoms with E-state index in [0.717, 1.165) is 14.0 Å². The van der Waals surface area contributed by atoms with Crippen LogP contribution in [0.4, 0.5) is 0 Å². The van der Waals surface area contributed by atoms with Gasteiger partial charge >= 0.3 is 0 Å². The number of hydrogen-bond acceptors (Lipinski definition) is 2. The number of fused-ring (bicyclic) bond motifs is 1. The van der Waals surface area contributed by atoms with E-state index < -0.39 is 0 Å². The van der Waals surface area contributed by atoms with E-state index in [2.05, 4.69) is 48.5 Å². The average molecular weight is 324 g/mol. The molecule has 2 rings (SSSR count). The molecule has 2 heterocycles. The van der Waals surface area contributed by atoms with Crippen molar-refractivity contribution >= 4 is 44.2 Å². The lowest BCUT2D eigenvalue weighted by molar-refractivity contribution is 1.08. The molecule has 2 aromatic rings. The molecule has 0 fully saturated rings. The summed E-state index contributed by atoms with van der Waals surface area (Å²) in [5, 5.41) is 0. The smallest absolute Gasteiger partial charge is 0.170 e. The molecule has 0 unspecified atom stereocenters. The highest BCUT2D eigenvalue weighted by Crippen LogP contribution is 2.14. The van der Waals surface area contributed by atoms with Crippen LogP contribution < -0.4 is 0 Å². The maximum atomic E-state index is 4.19. The van der Waals surface area contributed by atoms with Crippen LogP contribution in [-0.2, 0) is 0 Å². The van der Waals surface area contributed by atoms with Crippen LogP contribution in [0.3, 0.4) is 0 Å². The van der Waals surface area contributed by atoms with Gasteiger partial charge in [-0.25, -0.2) is 9.97 Å². The van der Waals surface area contributed by atoms with Crippen molar-refractivity contribution in [3.8, 4) is 0 Å². The predicted molar refractivity (Wildman–Crippen MR) is 53.4 cm³/mol. The van der Waals surface area contributed by atoms with Crippen LogP contribution >= 0.6 is 38.5 Å². The van der Waals surface area contributed by atoms with Crippen LogP contribution in [0.15, 0.2) is 23.2 Å². The summed E-state index contributed by atoms with van der Waals surface area (Å²) in [7, 11) is 0. The van der Waals surface area contributed by atoms with Gasteiger partial charge in [-0.15, -0.1) is 0 Å². The second kappa shape index (κ2) is 2.71. The largest absolute Gasteiger partial charge is 0.302 e. The van der Waals surface area contributed by atoms with Gasteiger partial charge in [0.2, 0.25) is 0 Å². The molecule has 0 aliphatic rings. The number of nitrogens with zero attached hydrogens (tertiary/aromatic N) is 3. The number of hydrogen-bond donors (Lipinski definition) is 0. The van der Waals surface area contributed by atoms with Gasteiger partial charge < -0.3 is 4.40 Å². The number of imidazole rings is 1. The predicted octanol–water partition coefficient (Wildman–Crippen LogP) is 2.10. The zero-order valence-electron chi connectivity index (χ0n) is 5.33. The Hall–Kier alpha value is -0.170. The van der Waals surface area contributed by atoms with Crippen LogP contribution in [0.2, 0.25) is 0 Å². The van der Waals surface area contributed by atoms with E-state index in [1.807, 2.05) is 16.8 Å². The first kappa shape index (κ1) is 7.48. The summed E-state index contributed by atoms with van der Waals surface area (Å²) < 4.78 is 3.66. The molecule has 0 aliphatic carbocycles. The fraction of sp³-hybridized carbons (Fsp3) is 0. The van der Waals surface area contributed by atoms with E-state index in [9.17, 15) is 0 Å². The van der Waals surface area contributed by atoms with Gasteiger partial charge in [-0.3, -0.25) is 0 Å². The Labute approximate surface area is 85.1 Å². The number of halogens is 2. The van der Waals surface area contributed by atoms with Crippen molar-refractivity contribution in [1.29, 1.82) is 0 Å². The highest BCUT2D eigenvalue weighted by atomic mass is 127. The highest BCUT2D eigenvalue weighted by Gasteiger charge is 2.01. The summed E-state index contributed by atoms with van der Waals surface area (Å²) in [5.74, 6) is 0. The summed E-state index contributed by atoms with van der Waals surface area (Å²) >= 11 is 5.49. The molecule has 2 aromatic heterocycles. The van der Waals surface area contributed by atoms with Crippen molar-refractivity contribution in [3.63, 3.8) is 0 Å². The van der Waals surface area contributed by atoms with Gasteiger partial charge in [0.15, 0.2) is 10.3 Å². The Kier molecular flexibility index (Phi) is 1.84. The molecule has 11 heavy (non-hydrogen) atoms. The molecule has 0 aliphatic heterocycles. The van der Waals surface area contributed by atoms with Gasteiger partial charge in [-0.2, -0.15) is 0 Å². The van der Waals surface area contributed by atoms with Gasteiger partial charge in [0.05, 0.1) is 0 Å². The first-order valence-electron chi connectivity index (χ1n) is 2.92. The van der Waals surface area contributed by atoms with Crippen molar-refractivity contribution in [2.45, 2.75) is 0 Å². The third-order valence-electron chi connectivity index (χ3n) is 1.30. The molecule has 3 nitrogen and oxygen atoms in total.